The summed E-state index contributed by atoms with van der Waals surface area (Å²) in [7, 11) is 0. The van der Waals surface area contributed by atoms with Gasteiger partial charge in [-0.1, -0.05) is 5.16 Å². The van der Waals surface area contributed by atoms with E-state index >= 15 is 0 Å². The second kappa shape index (κ2) is 3.76. The Kier molecular flexibility index (Phi) is 2.41. The number of halogens is 1. The molecule has 1 aromatic heterocycles. The Morgan fingerprint density at radius 1 is 1.40 bits per heavy atom. The summed E-state index contributed by atoms with van der Waals surface area (Å²) in [4.78, 5) is 4.36. The highest BCUT2D eigenvalue weighted by Crippen LogP contribution is 2.43. The Labute approximate surface area is 92.9 Å². The predicted molar refractivity (Wildman–Crippen MR) is 54.0 cm³/mol. The largest absolute Gasteiger partial charge is 0.374 e. The molecule has 3 heterocycles. The summed E-state index contributed by atoms with van der Waals surface area (Å²) in [5.41, 5.74) is 0. The number of aryl methyl sites for hydroxylation is 1. The molecule has 0 amide bonds. The molecule has 0 saturated carbocycles. The topological polar surface area (TPSA) is 48.2 Å². The fourth-order valence-corrected chi connectivity index (χ4v) is 2.67. The van der Waals surface area contributed by atoms with E-state index in [9.17, 15) is 0 Å². The molecule has 2 aliphatic heterocycles. The molecule has 0 aliphatic carbocycles. The first kappa shape index (κ1) is 9.60. The van der Waals surface area contributed by atoms with E-state index < -0.39 is 0 Å². The van der Waals surface area contributed by atoms with Crippen molar-refractivity contribution >= 4 is 11.6 Å². The highest BCUT2D eigenvalue weighted by molar-refractivity contribution is 6.17. The number of fused-ring (bicyclic) bond motifs is 2. The van der Waals surface area contributed by atoms with Crippen molar-refractivity contribution < 1.29 is 9.26 Å². The molecule has 2 bridgehead atoms. The highest BCUT2D eigenvalue weighted by Gasteiger charge is 2.43. The fourth-order valence-electron chi connectivity index (χ4n) is 2.51. The molecule has 2 saturated heterocycles. The van der Waals surface area contributed by atoms with Gasteiger partial charge in [0.05, 0.1) is 18.1 Å². The third-order valence-electron chi connectivity index (χ3n) is 3.23. The van der Waals surface area contributed by atoms with Crippen LogP contribution in [0.1, 0.15) is 36.9 Å². The minimum absolute atomic E-state index is 0.316. The summed E-state index contributed by atoms with van der Waals surface area (Å²) < 4.78 is 10.9. The molecular formula is C10H13ClN2O2. The zero-order valence-electron chi connectivity index (χ0n) is 8.36. The average molecular weight is 229 g/mol. The Hall–Kier alpha value is -0.610. The van der Waals surface area contributed by atoms with E-state index in [2.05, 4.69) is 10.1 Å². The van der Waals surface area contributed by atoms with Crippen LogP contribution in [0.4, 0.5) is 0 Å². The van der Waals surface area contributed by atoms with Gasteiger partial charge in [0.2, 0.25) is 5.89 Å². The van der Waals surface area contributed by atoms with Gasteiger partial charge in [0.25, 0.3) is 0 Å². The van der Waals surface area contributed by atoms with E-state index in [0.717, 1.165) is 18.7 Å². The highest BCUT2D eigenvalue weighted by atomic mass is 35.5. The monoisotopic (exact) mass is 228 g/mol. The van der Waals surface area contributed by atoms with Crippen LogP contribution in [-0.4, -0.2) is 28.2 Å². The van der Waals surface area contributed by atoms with Gasteiger partial charge in [0.15, 0.2) is 5.82 Å². The van der Waals surface area contributed by atoms with Gasteiger partial charge in [-0.15, -0.1) is 11.6 Å². The van der Waals surface area contributed by atoms with Crippen molar-refractivity contribution in [3.05, 3.63) is 11.7 Å². The summed E-state index contributed by atoms with van der Waals surface area (Å²) >= 11 is 5.62. The van der Waals surface area contributed by atoms with Crippen molar-refractivity contribution in [2.24, 2.45) is 0 Å². The molecule has 2 fully saturated rings. The van der Waals surface area contributed by atoms with E-state index in [4.69, 9.17) is 20.9 Å². The van der Waals surface area contributed by atoms with Crippen LogP contribution in [0, 0.1) is 0 Å². The van der Waals surface area contributed by atoms with Crippen molar-refractivity contribution in [3.8, 4) is 0 Å². The summed E-state index contributed by atoms with van der Waals surface area (Å²) in [5.74, 6) is 2.32. The zero-order chi connectivity index (χ0) is 10.3. The van der Waals surface area contributed by atoms with Crippen molar-refractivity contribution in [2.45, 2.75) is 43.8 Å². The van der Waals surface area contributed by atoms with Gasteiger partial charge in [-0.25, -0.2) is 0 Å². The third kappa shape index (κ3) is 1.66. The molecule has 2 aliphatic rings. The standard InChI is InChI=1S/C10H13ClN2O2/c11-4-3-9-12-10(13-15-9)7-5-6-1-2-8(7)14-6/h6-8H,1-5H2. The van der Waals surface area contributed by atoms with Crippen LogP contribution in [0.2, 0.25) is 0 Å². The van der Waals surface area contributed by atoms with Crippen LogP contribution in [0.3, 0.4) is 0 Å². The minimum atomic E-state index is 0.316. The average Bonchev–Trinajstić information content (AvgIpc) is 2.91. The second-order valence-corrected chi connectivity index (χ2v) is 4.58. The van der Waals surface area contributed by atoms with Crippen molar-refractivity contribution in [2.75, 3.05) is 5.88 Å². The Bertz CT molecular complexity index is 355. The van der Waals surface area contributed by atoms with Gasteiger partial charge < -0.3 is 9.26 Å². The molecule has 0 N–H and O–H groups in total. The van der Waals surface area contributed by atoms with Gasteiger partial charge in [-0.05, 0) is 19.3 Å². The molecular weight excluding hydrogens is 216 g/mol. The van der Waals surface area contributed by atoms with E-state index in [1.54, 1.807) is 0 Å². The molecule has 82 valence electrons. The number of rotatable bonds is 3. The normalized spacial score (nSPS) is 33.8. The fraction of sp³-hybridized carbons (Fsp3) is 0.800. The Balaban J connectivity index is 1.75. The molecule has 0 radical (unpaired) electrons. The lowest BCUT2D eigenvalue weighted by molar-refractivity contribution is 0.0996. The SMILES string of the molecule is ClCCc1nc(C2CC3CCC2O3)no1. The number of ether oxygens (including phenoxy) is 1. The lowest BCUT2D eigenvalue weighted by atomic mass is 9.89. The first-order valence-electron chi connectivity index (χ1n) is 5.40. The predicted octanol–water partition coefficient (Wildman–Crippen LogP) is 1.89. The molecule has 3 unspecified atom stereocenters. The third-order valence-corrected chi connectivity index (χ3v) is 3.42. The van der Waals surface area contributed by atoms with E-state index in [1.807, 2.05) is 0 Å². The first-order valence-corrected chi connectivity index (χ1v) is 5.94. The number of alkyl halides is 1. The maximum Gasteiger partial charge on any atom is 0.227 e. The van der Waals surface area contributed by atoms with Crippen molar-refractivity contribution in [1.82, 2.24) is 10.1 Å². The lowest BCUT2D eigenvalue weighted by Crippen LogP contribution is -2.15. The van der Waals surface area contributed by atoms with Gasteiger partial charge in [0, 0.05) is 12.3 Å². The molecule has 5 heteroatoms. The number of aromatic nitrogens is 2. The van der Waals surface area contributed by atoms with Crippen LogP contribution >= 0.6 is 11.6 Å². The Morgan fingerprint density at radius 2 is 2.33 bits per heavy atom. The van der Waals surface area contributed by atoms with E-state index in [1.165, 1.54) is 6.42 Å². The van der Waals surface area contributed by atoms with Crippen molar-refractivity contribution in [1.29, 1.82) is 0 Å². The van der Waals surface area contributed by atoms with Gasteiger partial charge in [-0.3, -0.25) is 0 Å². The van der Waals surface area contributed by atoms with Gasteiger partial charge in [0.1, 0.15) is 0 Å². The van der Waals surface area contributed by atoms with Crippen molar-refractivity contribution in [3.63, 3.8) is 0 Å². The molecule has 1 aromatic rings. The number of nitrogens with zero attached hydrogens (tertiary/aromatic N) is 2. The summed E-state index contributed by atoms with van der Waals surface area (Å²) in [6, 6.07) is 0. The molecule has 4 nitrogen and oxygen atoms in total. The van der Waals surface area contributed by atoms with Crippen LogP contribution < -0.4 is 0 Å². The molecule has 3 atom stereocenters. The van der Waals surface area contributed by atoms with Crippen LogP contribution in [0.5, 0.6) is 0 Å². The van der Waals surface area contributed by atoms with E-state index in [-0.39, 0.29) is 0 Å². The maximum absolute atomic E-state index is 5.76. The second-order valence-electron chi connectivity index (χ2n) is 4.20. The summed E-state index contributed by atoms with van der Waals surface area (Å²) in [5, 5.41) is 4.01. The minimum Gasteiger partial charge on any atom is -0.374 e. The zero-order valence-corrected chi connectivity index (χ0v) is 9.11. The molecule has 3 rings (SSSR count). The molecule has 0 aromatic carbocycles. The molecule has 0 spiro atoms. The quantitative estimate of drug-likeness (QED) is 0.742. The summed E-state index contributed by atoms with van der Waals surface area (Å²) in [6.07, 6.45) is 4.76. The molecule has 15 heavy (non-hydrogen) atoms. The van der Waals surface area contributed by atoms with Crippen LogP contribution in [0.25, 0.3) is 0 Å². The van der Waals surface area contributed by atoms with Gasteiger partial charge >= 0.3 is 0 Å². The van der Waals surface area contributed by atoms with Gasteiger partial charge in [-0.2, -0.15) is 4.98 Å². The van der Waals surface area contributed by atoms with Crippen LogP contribution in [0.15, 0.2) is 4.52 Å². The Morgan fingerprint density at radius 3 is 3.00 bits per heavy atom. The number of hydrogen-bond donors (Lipinski definition) is 0. The van der Waals surface area contributed by atoms with E-state index in [0.29, 0.717) is 36.3 Å². The van der Waals surface area contributed by atoms with Crippen LogP contribution in [-0.2, 0) is 11.2 Å². The number of hydrogen-bond acceptors (Lipinski definition) is 4. The smallest absolute Gasteiger partial charge is 0.227 e. The summed E-state index contributed by atoms with van der Waals surface area (Å²) in [6.45, 7) is 0. The lowest BCUT2D eigenvalue weighted by Gasteiger charge is -2.13. The first-order chi connectivity index (χ1) is 7.36. The maximum atomic E-state index is 5.76.